The summed E-state index contributed by atoms with van der Waals surface area (Å²) >= 11 is 0. The van der Waals surface area contributed by atoms with Crippen LogP contribution in [0.3, 0.4) is 0 Å². The molecule has 0 atom stereocenters. The number of aryl methyl sites for hydroxylation is 2. The molecule has 0 radical (unpaired) electrons. The molecule has 5 rings (SSSR count). The van der Waals surface area contributed by atoms with Crippen molar-refractivity contribution < 1.29 is 14.3 Å². The first-order valence-corrected chi connectivity index (χ1v) is 10.1. The van der Waals surface area contributed by atoms with Crippen LogP contribution in [0, 0.1) is 13.8 Å². The van der Waals surface area contributed by atoms with Crippen molar-refractivity contribution in [1.82, 2.24) is 14.8 Å². The Bertz CT molecular complexity index is 1200. The highest BCUT2D eigenvalue weighted by Gasteiger charge is 2.21. The van der Waals surface area contributed by atoms with E-state index in [1.807, 2.05) is 37.3 Å². The number of benzene rings is 1. The van der Waals surface area contributed by atoms with Crippen molar-refractivity contribution in [3.8, 4) is 17.1 Å². The number of hydrogen-bond acceptors (Lipinski definition) is 6. The van der Waals surface area contributed by atoms with E-state index in [1.54, 1.807) is 4.68 Å². The zero-order valence-corrected chi connectivity index (χ0v) is 17.1. The summed E-state index contributed by atoms with van der Waals surface area (Å²) < 4.78 is 13.2. The Morgan fingerprint density at radius 2 is 1.90 bits per heavy atom. The summed E-state index contributed by atoms with van der Waals surface area (Å²) in [7, 11) is 0. The van der Waals surface area contributed by atoms with Crippen LogP contribution in [-0.4, -0.2) is 46.2 Å². The molecule has 154 valence electrons. The molecule has 1 aromatic carbocycles. The Balaban J connectivity index is 1.65. The predicted octanol–water partition coefficient (Wildman–Crippen LogP) is 3.63. The number of ether oxygens (including phenoxy) is 1. The van der Waals surface area contributed by atoms with E-state index in [2.05, 4.69) is 24.0 Å². The molecule has 0 saturated carbocycles. The number of aliphatic hydroxyl groups excluding tert-OH is 1. The van der Waals surface area contributed by atoms with Crippen molar-refractivity contribution in [3.63, 3.8) is 0 Å². The first kappa shape index (κ1) is 18.8. The molecule has 0 spiro atoms. The highest BCUT2D eigenvalue weighted by molar-refractivity contribution is 5.88. The lowest BCUT2D eigenvalue weighted by Gasteiger charge is -2.29. The maximum absolute atomic E-state index is 10.00. The van der Waals surface area contributed by atoms with Crippen LogP contribution in [0.4, 0.5) is 5.69 Å². The van der Waals surface area contributed by atoms with Crippen LogP contribution in [0.25, 0.3) is 28.2 Å². The number of aromatic nitrogens is 3. The van der Waals surface area contributed by atoms with Gasteiger partial charge in [-0.05, 0) is 26.0 Å². The van der Waals surface area contributed by atoms with Crippen molar-refractivity contribution in [2.45, 2.75) is 20.5 Å². The standard InChI is InChI=1S/C23H24N4O3/c1-15-4-3-5-17(10-15)19-12-18(14-28)27(25-19)22-13-21(26-6-8-29-9-7-26)23-20(24-22)11-16(2)30-23/h3-5,10-13,28H,6-9,14H2,1-2H3. The van der Waals surface area contributed by atoms with Gasteiger partial charge in [-0.15, -0.1) is 0 Å². The molecular weight excluding hydrogens is 380 g/mol. The van der Waals surface area contributed by atoms with E-state index in [4.69, 9.17) is 19.2 Å². The van der Waals surface area contributed by atoms with Crippen LogP contribution in [0.1, 0.15) is 17.0 Å². The first-order chi connectivity index (χ1) is 14.6. The minimum Gasteiger partial charge on any atom is -0.457 e. The second-order valence-corrected chi connectivity index (χ2v) is 7.63. The Hall–Kier alpha value is -3.16. The zero-order chi connectivity index (χ0) is 20.7. The molecule has 1 N–H and O–H groups in total. The van der Waals surface area contributed by atoms with E-state index in [9.17, 15) is 5.11 Å². The Labute approximate surface area is 174 Å². The van der Waals surface area contributed by atoms with Crippen LogP contribution in [-0.2, 0) is 11.3 Å². The third-order valence-electron chi connectivity index (χ3n) is 5.40. The maximum Gasteiger partial charge on any atom is 0.176 e. The second kappa shape index (κ2) is 7.59. The highest BCUT2D eigenvalue weighted by atomic mass is 16.5. The van der Waals surface area contributed by atoms with E-state index in [-0.39, 0.29) is 6.61 Å². The van der Waals surface area contributed by atoms with Gasteiger partial charge in [0.25, 0.3) is 0 Å². The average Bonchev–Trinajstić information content (AvgIpc) is 3.36. The molecule has 30 heavy (non-hydrogen) atoms. The summed E-state index contributed by atoms with van der Waals surface area (Å²) in [6, 6.07) is 14.0. The van der Waals surface area contributed by atoms with E-state index < -0.39 is 0 Å². The Morgan fingerprint density at radius 1 is 1.07 bits per heavy atom. The van der Waals surface area contributed by atoms with Gasteiger partial charge in [0, 0.05) is 30.8 Å². The lowest BCUT2D eigenvalue weighted by Crippen LogP contribution is -2.36. The number of furan rings is 1. The monoisotopic (exact) mass is 404 g/mol. The molecule has 3 aromatic heterocycles. The van der Waals surface area contributed by atoms with Gasteiger partial charge in [-0.1, -0.05) is 23.8 Å². The Morgan fingerprint density at radius 3 is 2.67 bits per heavy atom. The molecule has 0 amide bonds. The molecular formula is C23H24N4O3. The average molecular weight is 404 g/mol. The van der Waals surface area contributed by atoms with Gasteiger partial charge in [-0.2, -0.15) is 5.10 Å². The van der Waals surface area contributed by atoms with Crippen LogP contribution >= 0.6 is 0 Å². The lowest BCUT2D eigenvalue weighted by atomic mass is 10.1. The van der Waals surface area contributed by atoms with Crippen molar-refractivity contribution >= 4 is 16.8 Å². The molecule has 7 heteroatoms. The number of pyridine rings is 1. The van der Waals surface area contributed by atoms with Crippen molar-refractivity contribution in [2.75, 3.05) is 31.2 Å². The van der Waals surface area contributed by atoms with Crippen molar-refractivity contribution in [2.24, 2.45) is 0 Å². The number of morpholine rings is 1. The lowest BCUT2D eigenvalue weighted by molar-refractivity contribution is 0.122. The van der Waals surface area contributed by atoms with Crippen LogP contribution < -0.4 is 4.90 Å². The Kier molecular flexibility index (Phi) is 4.77. The molecule has 1 saturated heterocycles. The molecule has 1 aliphatic rings. The summed E-state index contributed by atoms with van der Waals surface area (Å²) in [5, 5.41) is 14.8. The number of rotatable bonds is 4. The van der Waals surface area contributed by atoms with Gasteiger partial charge in [0.1, 0.15) is 11.3 Å². The van der Waals surface area contributed by atoms with Crippen molar-refractivity contribution in [1.29, 1.82) is 0 Å². The minimum absolute atomic E-state index is 0.129. The minimum atomic E-state index is -0.129. The molecule has 1 fully saturated rings. The molecule has 1 aliphatic heterocycles. The molecule has 4 heterocycles. The number of nitrogens with zero attached hydrogens (tertiary/aromatic N) is 4. The maximum atomic E-state index is 10.00. The normalized spacial score (nSPS) is 14.6. The molecule has 0 bridgehead atoms. The predicted molar refractivity (Wildman–Crippen MR) is 115 cm³/mol. The number of hydrogen-bond donors (Lipinski definition) is 1. The summed E-state index contributed by atoms with van der Waals surface area (Å²) in [4.78, 5) is 7.05. The highest BCUT2D eigenvalue weighted by Crippen LogP contribution is 2.32. The molecule has 0 aliphatic carbocycles. The number of anilines is 1. The smallest absolute Gasteiger partial charge is 0.176 e. The van der Waals surface area contributed by atoms with Gasteiger partial charge >= 0.3 is 0 Å². The fraction of sp³-hybridized carbons (Fsp3) is 0.304. The molecule has 0 unspecified atom stereocenters. The van der Waals surface area contributed by atoms with Crippen LogP contribution in [0.2, 0.25) is 0 Å². The second-order valence-electron chi connectivity index (χ2n) is 7.63. The van der Waals surface area contributed by atoms with Crippen LogP contribution in [0.5, 0.6) is 0 Å². The third kappa shape index (κ3) is 3.36. The van der Waals surface area contributed by atoms with Gasteiger partial charge in [-0.25, -0.2) is 9.67 Å². The third-order valence-corrected chi connectivity index (χ3v) is 5.40. The SMILES string of the molecule is Cc1cccc(-c2cc(CO)n(-c3cc(N4CCOCC4)c4oc(C)cc4n3)n2)c1. The molecule has 7 nitrogen and oxygen atoms in total. The summed E-state index contributed by atoms with van der Waals surface area (Å²) in [5.41, 5.74) is 6.20. The van der Waals surface area contributed by atoms with E-state index in [0.717, 1.165) is 52.5 Å². The van der Waals surface area contributed by atoms with Gasteiger partial charge < -0.3 is 19.2 Å². The fourth-order valence-corrected chi connectivity index (χ4v) is 3.93. The quantitative estimate of drug-likeness (QED) is 0.560. The van der Waals surface area contributed by atoms with E-state index >= 15 is 0 Å². The summed E-state index contributed by atoms with van der Waals surface area (Å²) in [6.07, 6.45) is 0. The summed E-state index contributed by atoms with van der Waals surface area (Å²) in [6.45, 7) is 6.79. The van der Waals surface area contributed by atoms with Gasteiger partial charge in [0.2, 0.25) is 0 Å². The molecule has 4 aromatic rings. The number of aliphatic hydroxyl groups is 1. The van der Waals surface area contributed by atoms with Crippen LogP contribution in [0.15, 0.2) is 46.9 Å². The zero-order valence-electron chi connectivity index (χ0n) is 17.1. The van der Waals surface area contributed by atoms with Crippen molar-refractivity contribution in [3.05, 3.63) is 59.5 Å². The van der Waals surface area contributed by atoms with Gasteiger partial charge in [0.05, 0.1) is 36.9 Å². The van der Waals surface area contributed by atoms with Gasteiger partial charge in [0.15, 0.2) is 11.4 Å². The number of fused-ring (bicyclic) bond motifs is 1. The first-order valence-electron chi connectivity index (χ1n) is 10.1. The van der Waals surface area contributed by atoms with E-state index in [1.165, 1.54) is 0 Å². The fourth-order valence-electron chi connectivity index (χ4n) is 3.93. The largest absolute Gasteiger partial charge is 0.457 e. The van der Waals surface area contributed by atoms with E-state index in [0.29, 0.717) is 24.7 Å². The summed E-state index contributed by atoms with van der Waals surface area (Å²) in [5.74, 6) is 1.47. The van der Waals surface area contributed by atoms with Gasteiger partial charge in [-0.3, -0.25) is 0 Å². The topological polar surface area (TPSA) is 76.5 Å².